The van der Waals surface area contributed by atoms with Crippen LogP contribution in [-0.2, 0) is 6.61 Å². The predicted octanol–water partition coefficient (Wildman–Crippen LogP) is 2.38. The summed E-state index contributed by atoms with van der Waals surface area (Å²) in [6.45, 7) is 6.58. The van der Waals surface area contributed by atoms with E-state index < -0.39 is 0 Å². The summed E-state index contributed by atoms with van der Waals surface area (Å²) in [5, 5.41) is 3.38. The van der Waals surface area contributed by atoms with E-state index in [4.69, 9.17) is 4.74 Å². The van der Waals surface area contributed by atoms with Crippen molar-refractivity contribution >= 4 is 5.69 Å². The number of hydrogen-bond acceptors (Lipinski definition) is 4. The van der Waals surface area contributed by atoms with E-state index in [-0.39, 0.29) is 0 Å². The van der Waals surface area contributed by atoms with Gasteiger partial charge in [0.25, 0.3) is 0 Å². The molecule has 0 spiro atoms. The fourth-order valence-corrected chi connectivity index (χ4v) is 2.58. The number of nitrogens with one attached hydrogen (secondary N) is 1. The van der Waals surface area contributed by atoms with Gasteiger partial charge in [-0.05, 0) is 31.2 Å². The van der Waals surface area contributed by atoms with Gasteiger partial charge in [-0.3, -0.25) is 4.98 Å². The summed E-state index contributed by atoms with van der Waals surface area (Å²) in [5.41, 5.74) is 3.16. The van der Waals surface area contributed by atoms with Gasteiger partial charge in [0, 0.05) is 31.9 Å². The Balaban J connectivity index is 1.73. The third kappa shape index (κ3) is 3.52. The van der Waals surface area contributed by atoms with Crippen LogP contribution < -0.4 is 15.0 Å². The Labute approximate surface area is 125 Å². The number of nitrogens with zero attached hydrogens (tertiary/aromatic N) is 2. The Hall–Kier alpha value is -2.07. The molecular formula is C17H21N3O. The first-order valence-corrected chi connectivity index (χ1v) is 7.43. The van der Waals surface area contributed by atoms with Crippen LogP contribution in [0.25, 0.3) is 0 Å². The number of piperazine rings is 1. The molecule has 0 radical (unpaired) electrons. The van der Waals surface area contributed by atoms with Gasteiger partial charge in [0.2, 0.25) is 0 Å². The van der Waals surface area contributed by atoms with Gasteiger partial charge in [-0.2, -0.15) is 0 Å². The summed E-state index contributed by atoms with van der Waals surface area (Å²) in [6, 6.07) is 14.3. The van der Waals surface area contributed by atoms with E-state index in [9.17, 15) is 0 Å². The van der Waals surface area contributed by atoms with Crippen molar-refractivity contribution in [2.75, 3.05) is 31.1 Å². The second-order valence-electron chi connectivity index (χ2n) is 5.26. The van der Waals surface area contributed by atoms with Crippen molar-refractivity contribution in [3.05, 3.63) is 53.9 Å². The van der Waals surface area contributed by atoms with Crippen molar-refractivity contribution in [1.82, 2.24) is 10.3 Å². The molecule has 4 heteroatoms. The molecule has 1 aromatic heterocycles. The fourth-order valence-electron chi connectivity index (χ4n) is 2.58. The van der Waals surface area contributed by atoms with Crippen LogP contribution in [0.5, 0.6) is 5.75 Å². The number of benzene rings is 1. The Kier molecular flexibility index (Phi) is 4.36. The van der Waals surface area contributed by atoms with Gasteiger partial charge in [-0.1, -0.05) is 18.2 Å². The van der Waals surface area contributed by atoms with Crippen molar-refractivity contribution in [2.45, 2.75) is 13.5 Å². The first-order valence-electron chi connectivity index (χ1n) is 7.43. The van der Waals surface area contributed by atoms with Crippen molar-refractivity contribution in [1.29, 1.82) is 0 Å². The van der Waals surface area contributed by atoms with Crippen LogP contribution in [0.15, 0.2) is 42.5 Å². The molecule has 0 atom stereocenters. The first kappa shape index (κ1) is 13.9. The number of para-hydroxylation sites is 2. The highest BCUT2D eigenvalue weighted by molar-refractivity contribution is 5.58. The lowest BCUT2D eigenvalue weighted by Gasteiger charge is -2.30. The number of pyridine rings is 1. The number of hydrogen-bond donors (Lipinski definition) is 1. The van der Waals surface area contributed by atoms with E-state index in [2.05, 4.69) is 27.3 Å². The molecule has 3 rings (SSSR count). The second-order valence-corrected chi connectivity index (χ2v) is 5.26. The fraction of sp³-hybridized carbons (Fsp3) is 0.353. The number of aromatic nitrogens is 1. The zero-order valence-corrected chi connectivity index (χ0v) is 12.4. The summed E-state index contributed by atoms with van der Waals surface area (Å²) >= 11 is 0. The average Bonchev–Trinajstić information content (AvgIpc) is 2.54. The topological polar surface area (TPSA) is 37.4 Å². The molecule has 1 aliphatic heterocycles. The maximum Gasteiger partial charge on any atom is 0.143 e. The van der Waals surface area contributed by atoms with Gasteiger partial charge in [0.1, 0.15) is 12.4 Å². The number of ether oxygens (including phenoxy) is 1. The van der Waals surface area contributed by atoms with Crippen molar-refractivity contribution in [2.24, 2.45) is 0 Å². The largest absolute Gasteiger partial charge is 0.485 e. The van der Waals surface area contributed by atoms with Gasteiger partial charge in [-0.15, -0.1) is 0 Å². The molecule has 1 aromatic carbocycles. The smallest absolute Gasteiger partial charge is 0.143 e. The Morgan fingerprint density at radius 1 is 1.10 bits per heavy atom. The van der Waals surface area contributed by atoms with Crippen LogP contribution in [0.1, 0.15) is 11.4 Å². The lowest BCUT2D eigenvalue weighted by molar-refractivity contribution is 0.301. The van der Waals surface area contributed by atoms with Crippen LogP contribution >= 0.6 is 0 Å². The van der Waals surface area contributed by atoms with E-state index in [1.165, 1.54) is 5.69 Å². The lowest BCUT2D eigenvalue weighted by atomic mass is 10.2. The van der Waals surface area contributed by atoms with Gasteiger partial charge in [0.15, 0.2) is 0 Å². The van der Waals surface area contributed by atoms with Crippen LogP contribution in [0.4, 0.5) is 5.69 Å². The molecule has 2 aromatic rings. The number of aryl methyl sites for hydroxylation is 1. The summed E-state index contributed by atoms with van der Waals surface area (Å²) < 4.78 is 6.01. The summed E-state index contributed by atoms with van der Waals surface area (Å²) in [5.74, 6) is 0.933. The molecule has 4 nitrogen and oxygen atoms in total. The van der Waals surface area contributed by atoms with Crippen LogP contribution in [0.2, 0.25) is 0 Å². The van der Waals surface area contributed by atoms with Crippen LogP contribution in [-0.4, -0.2) is 31.2 Å². The average molecular weight is 283 g/mol. The zero-order valence-electron chi connectivity index (χ0n) is 12.4. The molecule has 1 N–H and O–H groups in total. The summed E-state index contributed by atoms with van der Waals surface area (Å²) in [4.78, 5) is 6.85. The first-order chi connectivity index (χ1) is 10.3. The minimum Gasteiger partial charge on any atom is -0.485 e. The third-order valence-corrected chi connectivity index (χ3v) is 3.64. The van der Waals surface area contributed by atoms with Gasteiger partial charge >= 0.3 is 0 Å². The van der Waals surface area contributed by atoms with Gasteiger partial charge in [-0.25, -0.2) is 0 Å². The van der Waals surface area contributed by atoms with Gasteiger partial charge in [0.05, 0.1) is 11.4 Å². The molecule has 110 valence electrons. The predicted molar refractivity (Wildman–Crippen MR) is 84.8 cm³/mol. The standard InChI is InChI=1S/C17H21N3O/c1-14-5-4-6-15(19-14)13-21-17-8-3-2-7-16(17)20-11-9-18-10-12-20/h2-8,18H,9-13H2,1H3. The molecule has 0 amide bonds. The maximum atomic E-state index is 6.01. The number of anilines is 1. The molecule has 0 bridgehead atoms. The molecule has 0 aliphatic carbocycles. The summed E-state index contributed by atoms with van der Waals surface area (Å²) in [6.07, 6.45) is 0. The highest BCUT2D eigenvalue weighted by Crippen LogP contribution is 2.28. The molecule has 1 fully saturated rings. The Morgan fingerprint density at radius 2 is 1.90 bits per heavy atom. The van der Waals surface area contributed by atoms with E-state index in [1.807, 2.05) is 37.3 Å². The monoisotopic (exact) mass is 283 g/mol. The molecule has 0 saturated carbocycles. The van der Waals surface area contributed by atoms with Crippen LogP contribution in [0.3, 0.4) is 0 Å². The molecule has 0 unspecified atom stereocenters. The minimum atomic E-state index is 0.505. The highest BCUT2D eigenvalue weighted by Gasteiger charge is 2.14. The Morgan fingerprint density at radius 3 is 2.71 bits per heavy atom. The van der Waals surface area contributed by atoms with Crippen molar-refractivity contribution in [3.63, 3.8) is 0 Å². The van der Waals surface area contributed by atoms with Crippen molar-refractivity contribution < 1.29 is 4.74 Å². The molecule has 21 heavy (non-hydrogen) atoms. The van der Waals surface area contributed by atoms with Crippen LogP contribution in [0, 0.1) is 6.92 Å². The van der Waals surface area contributed by atoms with Crippen molar-refractivity contribution in [3.8, 4) is 5.75 Å². The highest BCUT2D eigenvalue weighted by atomic mass is 16.5. The molecular weight excluding hydrogens is 262 g/mol. The quantitative estimate of drug-likeness (QED) is 0.935. The van der Waals surface area contributed by atoms with E-state index in [0.717, 1.165) is 43.3 Å². The Bertz CT molecular complexity index is 594. The minimum absolute atomic E-state index is 0.505. The SMILES string of the molecule is Cc1cccc(COc2ccccc2N2CCNCC2)n1. The normalized spacial score (nSPS) is 15.0. The number of rotatable bonds is 4. The molecule has 2 heterocycles. The summed E-state index contributed by atoms with van der Waals surface area (Å²) in [7, 11) is 0. The van der Waals surface area contributed by atoms with E-state index >= 15 is 0 Å². The van der Waals surface area contributed by atoms with E-state index in [1.54, 1.807) is 0 Å². The lowest BCUT2D eigenvalue weighted by Crippen LogP contribution is -2.43. The molecule has 1 aliphatic rings. The second kappa shape index (κ2) is 6.59. The zero-order chi connectivity index (χ0) is 14.5. The maximum absolute atomic E-state index is 6.01. The third-order valence-electron chi connectivity index (χ3n) is 3.64. The molecule has 1 saturated heterocycles. The van der Waals surface area contributed by atoms with E-state index in [0.29, 0.717) is 6.61 Å². The van der Waals surface area contributed by atoms with Gasteiger partial charge < -0.3 is 15.0 Å².